The van der Waals surface area contributed by atoms with E-state index in [0.29, 0.717) is 17.9 Å². The zero-order valence-corrected chi connectivity index (χ0v) is 23.3. The third kappa shape index (κ3) is 5.74. The van der Waals surface area contributed by atoms with Crippen molar-refractivity contribution >= 4 is 28.9 Å². The van der Waals surface area contributed by atoms with E-state index in [2.05, 4.69) is 22.3 Å². The smallest absolute Gasteiger partial charge is 0.262 e. The van der Waals surface area contributed by atoms with Crippen molar-refractivity contribution in [3.63, 3.8) is 0 Å². The van der Waals surface area contributed by atoms with E-state index in [9.17, 15) is 9.59 Å². The van der Waals surface area contributed by atoms with Crippen LogP contribution in [0.3, 0.4) is 0 Å². The second kappa shape index (κ2) is 12.0. The quantitative estimate of drug-likeness (QED) is 0.218. The van der Waals surface area contributed by atoms with Crippen molar-refractivity contribution in [3.05, 3.63) is 156 Å². The number of ether oxygens (including phenoxy) is 1. The molecule has 0 aromatic heterocycles. The van der Waals surface area contributed by atoms with E-state index in [1.165, 1.54) is 0 Å². The number of benzene rings is 5. The van der Waals surface area contributed by atoms with Crippen molar-refractivity contribution in [3.8, 4) is 5.75 Å². The fraction of sp³-hybridized carbons (Fsp3) is 0.111. The lowest BCUT2D eigenvalue weighted by molar-refractivity contribution is -0.118. The lowest BCUT2D eigenvalue weighted by Gasteiger charge is -2.46. The van der Waals surface area contributed by atoms with Gasteiger partial charge in [-0.3, -0.25) is 14.5 Å². The van der Waals surface area contributed by atoms with Gasteiger partial charge in [0.1, 0.15) is 11.9 Å². The molecular weight excluding hydrogens is 522 g/mol. The standard InChI is InChI=1S/C36H31N3O3/c1-26-16-20-30(21-17-26)39-35(28-18-22-31(23-19-28)42-25-34(40)37-29-12-6-3-7-13-29)38(24-27-10-4-2-5-11-27)33-15-9-8-14-32(33)36(39)41/h2-23,35H,24-25H2,1H3,(H,37,40)/t35-/m1/s1. The summed E-state index contributed by atoms with van der Waals surface area (Å²) in [5, 5.41) is 2.83. The minimum Gasteiger partial charge on any atom is -0.484 e. The summed E-state index contributed by atoms with van der Waals surface area (Å²) in [7, 11) is 0. The Balaban J connectivity index is 1.33. The van der Waals surface area contributed by atoms with E-state index in [0.717, 1.165) is 33.8 Å². The first-order chi connectivity index (χ1) is 20.6. The molecule has 0 saturated heterocycles. The Labute approximate surface area is 245 Å². The van der Waals surface area contributed by atoms with E-state index in [1.54, 1.807) is 0 Å². The molecule has 208 valence electrons. The molecule has 5 aromatic carbocycles. The fourth-order valence-corrected chi connectivity index (χ4v) is 5.27. The van der Waals surface area contributed by atoms with Gasteiger partial charge in [0, 0.05) is 17.9 Å². The SMILES string of the molecule is Cc1ccc(N2C(=O)c3ccccc3N(Cc3ccccc3)[C@H]2c2ccc(OCC(=O)Nc3ccccc3)cc2)cc1. The number of aryl methyl sites for hydroxylation is 1. The average Bonchev–Trinajstić information content (AvgIpc) is 3.03. The number of fused-ring (bicyclic) bond motifs is 1. The number of hydrogen-bond donors (Lipinski definition) is 1. The zero-order chi connectivity index (χ0) is 28.9. The fourth-order valence-electron chi connectivity index (χ4n) is 5.27. The number of carbonyl (C=O) groups excluding carboxylic acids is 2. The molecule has 0 bridgehead atoms. The molecular formula is C36H31N3O3. The maximum Gasteiger partial charge on any atom is 0.262 e. The van der Waals surface area contributed by atoms with Crippen LogP contribution in [0, 0.1) is 6.92 Å². The van der Waals surface area contributed by atoms with Gasteiger partial charge in [0.2, 0.25) is 0 Å². The number of nitrogens with zero attached hydrogens (tertiary/aromatic N) is 2. The Morgan fingerprint density at radius 1 is 0.762 bits per heavy atom. The van der Waals surface area contributed by atoms with Crippen LogP contribution in [0.1, 0.15) is 33.2 Å². The summed E-state index contributed by atoms with van der Waals surface area (Å²) in [5.41, 5.74) is 6.28. The summed E-state index contributed by atoms with van der Waals surface area (Å²) in [5.74, 6) is 0.280. The monoisotopic (exact) mass is 553 g/mol. The van der Waals surface area contributed by atoms with Crippen LogP contribution in [0.4, 0.5) is 17.1 Å². The highest BCUT2D eigenvalue weighted by atomic mass is 16.5. The summed E-state index contributed by atoms with van der Waals surface area (Å²) >= 11 is 0. The van der Waals surface area contributed by atoms with Gasteiger partial charge in [-0.1, -0.05) is 90.5 Å². The van der Waals surface area contributed by atoms with Crippen molar-refractivity contribution in [2.24, 2.45) is 0 Å². The molecule has 6 nitrogen and oxygen atoms in total. The normalized spacial score (nSPS) is 14.3. The Bertz CT molecular complexity index is 1670. The number of nitrogens with one attached hydrogen (secondary N) is 1. The molecule has 0 spiro atoms. The molecule has 0 radical (unpaired) electrons. The second-order valence-corrected chi connectivity index (χ2v) is 10.3. The molecule has 0 fully saturated rings. The second-order valence-electron chi connectivity index (χ2n) is 10.3. The molecule has 2 amide bonds. The number of para-hydroxylation sites is 2. The maximum atomic E-state index is 14.1. The molecule has 0 aliphatic carbocycles. The van der Waals surface area contributed by atoms with Gasteiger partial charge >= 0.3 is 0 Å². The number of carbonyl (C=O) groups is 2. The van der Waals surface area contributed by atoms with Gasteiger partial charge in [-0.15, -0.1) is 0 Å². The summed E-state index contributed by atoms with van der Waals surface area (Å²) in [6.07, 6.45) is -0.411. The predicted octanol–water partition coefficient (Wildman–Crippen LogP) is 7.38. The van der Waals surface area contributed by atoms with Gasteiger partial charge in [-0.05, 0) is 66.6 Å². The molecule has 1 heterocycles. The first-order valence-corrected chi connectivity index (χ1v) is 13.9. The highest BCUT2D eigenvalue weighted by molar-refractivity contribution is 6.12. The lowest BCUT2D eigenvalue weighted by atomic mass is 9.99. The highest BCUT2D eigenvalue weighted by Gasteiger charge is 2.39. The van der Waals surface area contributed by atoms with Gasteiger partial charge in [0.25, 0.3) is 11.8 Å². The molecule has 6 heteroatoms. The topological polar surface area (TPSA) is 61.9 Å². The largest absolute Gasteiger partial charge is 0.484 e. The average molecular weight is 554 g/mol. The van der Waals surface area contributed by atoms with Crippen molar-refractivity contribution < 1.29 is 14.3 Å². The Hall–Kier alpha value is -5.36. The predicted molar refractivity (Wildman–Crippen MR) is 167 cm³/mol. The summed E-state index contributed by atoms with van der Waals surface area (Å²) in [6, 6.07) is 43.0. The molecule has 1 N–H and O–H groups in total. The first kappa shape index (κ1) is 26.8. The minimum absolute atomic E-state index is 0.0540. The van der Waals surface area contributed by atoms with Gasteiger partial charge in [0.15, 0.2) is 6.61 Å². The third-order valence-corrected chi connectivity index (χ3v) is 7.32. The Kier molecular flexibility index (Phi) is 7.68. The molecule has 0 unspecified atom stereocenters. The van der Waals surface area contributed by atoms with Crippen molar-refractivity contribution in [2.45, 2.75) is 19.6 Å². The van der Waals surface area contributed by atoms with E-state index in [-0.39, 0.29) is 18.4 Å². The molecule has 42 heavy (non-hydrogen) atoms. The van der Waals surface area contributed by atoms with Crippen molar-refractivity contribution in [2.75, 3.05) is 21.7 Å². The molecule has 1 aliphatic heterocycles. The van der Waals surface area contributed by atoms with E-state index in [4.69, 9.17) is 4.74 Å². The molecule has 0 saturated carbocycles. The van der Waals surface area contributed by atoms with E-state index < -0.39 is 6.17 Å². The van der Waals surface area contributed by atoms with Crippen molar-refractivity contribution in [1.29, 1.82) is 0 Å². The summed E-state index contributed by atoms with van der Waals surface area (Å²) < 4.78 is 5.80. The Morgan fingerprint density at radius 3 is 2.12 bits per heavy atom. The Morgan fingerprint density at radius 2 is 1.40 bits per heavy atom. The van der Waals surface area contributed by atoms with E-state index in [1.807, 2.05) is 133 Å². The van der Waals surface area contributed by atoms with Crippen LogP contribution in [0.25, 0.3) is 0 Å². The number of amides is 2. The summed E-state index contributed by atoms with van der Waals surface area (Å²) in [4.78, 5) is 30.7. The first-order valence-electron chi connectivity index (χ1n) is 13.9. The number of anilines is 3. The van der Waals surface area contributed by atoms with Crippen LogP contribution in [-0.4, -0.2) is 18.4 Å². The van der Waals surface area contributed by atoms with Crippen LogP contribution in [0.15, 0.2) is 133 Å². The molecule has 5 aromatic rings. The minimum atomic E-state index is -0.411. The van der Waals surface area contributed by atoms with Crippen LogP contribution in [0.2, 0.25) is 0 Å². The van der Waals surface area contributed by atoms with Crippen LogP contribution in [0.5, 0.6) is 5.75 Å². The molecule has 6 rings (SSSR count). The zero-order valence-electron chi connectivity index (χ0n) is 23.3. The molecule has 1 aliphatic rings. The molecule has 1 atom stereocenters. The number of hydrogen-bond acceptors (Lipinski definition) is 4. The van der Waals surface area contributed by atoms with Crippen LogP contribution < -0.4 is 19.9 Å². The van der Waals surface area contributed by atoms with Gasteiger partial charge in [0.05, 0.1) is 11.3 Å². The van der Waals surface area contributed by atoms with Gasteiger partial charge in [-0.25, -0.2) is 0 Å². The summed E-state index contributed by atoms with van der Waals surface area (Å²) in [6.45, 7) is 2.53. The van der Waals surface area contributed by atoms with Crippen molar-refractivity contribution in [1.82, 2.24) is 0 Å². The van der Waals surface area contributed by atoms with Gasteiger partial charge in [-0.2, -0.15) is 0 Å². The van der Waals surface area contributed by atoms with Crippen LogP contribution in [-0.2, 0) is 11.3 Å². The number of rotatable bonds is 8. The highest BCUT2D eigenvalue weighted by Crippen LogP contribution is 2.42. The lowest BCUT2D eigenvalue weighted by Crippen LogP contribution is -2.49. The third-order valence-electron chi connectivity index (χ3n) is 7.32. The van der Waals surface area contributed by atoms with Gasteiger partial charge < -0.3 is 15.0 Å². The van der Waals surface area contributed by atoms with Crippen LogP contribution >= 0.6 is 0 Å². The van der Waals surface area contributed by atoms with E-state index >= 15 is 0 Å². The maximum absolute atomic E-state index is 14.1.